The lowest BCUT2D eigenvalue weighted by Crippen LogP contribution is -2.52. The van der Waals surface area contributed by atoms with E-state index in [1.807, 2.05) is 37.4 Å². The fourth-order valence-electron chi connectivity index (χ4n) is 3.80. The van der Waals surface area contributed by atoms with E-state index < -0.39 is 0 Å². The van der Waals surface area contributed by atoms with Crippen molar-refractivity contribution < 1.29 is 4.74 Å². The molecule has 2 aromatic carbocycles. The van der Waals surface area contributed by atoms with E-state index in [9.17, 15) is 0 Å². The summed E-state index contributed by atoms with van der Waals surface area (Å²) in [5.74, 6) is 2.87. The summed E-state index contributed by atoms with van der Waals surface area (Å²) in [6.45, 7) is 4.50. The van der Waals surface area contributed by atoms with Crippen molar-refractivity contribution in [3.63, 3.8) is 0 Å². The summed E-state index contributed by atoms with van der Waals surface area (Å²) in [6.07, 6.45) is 0.828. The molecule has 0 amide bonds. The number of nitrogens with one attached hydrogen (secondary N) is 2. The van der Waals surface area contributed by atoms with Crippen molar-refractivity contribution in [3.05, 3.63) is 54.4 Å². The van der Waals surface area contributed by atoms with E-state index in [1.165, 1.54) is 0 Å². The number of hydrogen-bond acceptors (Lipinski definition) is 4. The van der Waals surface area contributed by atoms with Crippen LogP contribution < -0.4 is 15.0 Å². The first kappa shape index (κ1) is 19.1. The van der Waals surface area contributed by atoms with E-state index in [-0.39, 0.29) is 0 Å². The Morgan fingerprint density at radius 3 is 2.62 bits per heavy atom. The molecule has 1 aliphatic rings. The Morgan fingerprint density at radius 1 is 1.10 bits per heavy atom. The SMILES string of the molecule is CN=C(NCCc1nc2ccccc2[nH]1)N1CCN(c2ccccc2OC)CC1. The predicted molar refractivity (Wildman–Crippen MR) is 118 cm³/mol. The van der Waals surface area contributed by atoms with Crippen LogP contribution in [0.1, 0.15) is 5.82 Å². The molecule has 0 radical (unpaired) electrons. The second kappa shape index (κ2) is 8.86. The number of nitrogens with zero attached hydrogens (tertiary/aromatic N) is 4. The second-order valence-corrected chi connectivity index (χ2v) is 7.07. The number of rotatable bonds is 5. The highest BCUT2D eigenvalue weighted by molar-refractivity contribution is 5.80. The molecule has 7 heteroatoms. The molecule has 152 valence electrons. The Kier molecular flexibility index (Phi) is 5.84. The number of H-pyrrole nitrogens is 1. The Balaban J connectivity index is 1.30. The Hall–Kier alpha value is -3.22. The van der Waals surface area contributed by atoms with E-state index in [0.717, 1.165) is 73.4 Å². The number of aromatic nitrogens is 2. The van der Waals surface area contributed by atoms with E-state index in [2.05, 4.69) is 48.3 Å². The molecule has 7 nitrogen and oxygen atoms in total. The van der Waals surface area contributed by atoms with Crippen LogP contribution >= 0.6 is 0 Å². The smallest absolute Gasteiger partial charge is 0.193 e. The molecule has 0 spiro atoms. The van der Waals surface area contributed by atoms with Crippen molar-refractivity contribution in [1.82, 2.24) is 20.2 Å². The first-order valence-corrected chi connectivity index (χ1v) is 10.1. The number of guanidine groups is 1. The van der Waals surface area contributed by atoms with Gasteiger partial charge >= 0.3 is 0 Å². The molecule has 2 heterocycles. The third-order valence-corrected chi connectivity index (χ3v) is 5.30. The van der Waals surface area contributed by atoms with E-state index >= 15 is 0 Å². The number of hydrogen-bond donors (Lipinski definition) is 2. The number of piperazine rings is 1. The molecule has 29 heavy (non-hydrogen) atoms. The molecule has 1 saturated heterocycles. The van der Waals surface area contributed by atoms with Crippen LogP contribution in [0.2, 0.25) is 0 Å². The molecular weight excluding hydrogens is 364 g/mol. The van der Waals surface area contributed by atoms with Gasteiger partial charge in [-0.1, -0.05) is 24.3 Å². The van der Waals surface area contributed by atoms with Crippen LogP contribution in [0.5, 0.6) is 5.75 Å². The molecule has 2 N–H and O–H groups in total. The molecule has 1 fully saturated rings. The summed E-state index contributed by atoms with van der Waals surface area (Å²) in [4.78, 5) is 17.2. The first-order chi connectivity index (χ1) is 14.3. The topological polar surface area (TPSA) is 68.8 Å². The summed E-state index contributed by atoms with van der Waals surface area (Å²) < 4.78 is 5.51. The molecule has 0 aliphatic carbocycles. The van der Waals surface area contributed by atoms with Gasteiger partial charge in [-0.25, -0.2) is 4.98 Å². The van der Waals surface area contributed by atoms with Gasteiger partial charge in [0.05, 0.1) is 23.8 Å². The van der Waals surface area contributed by atoms with Crippen molar-refractivity contribution in [2.24, 2.45) is 4.99 Å². The van der Waals surface area contributed by atoms with E-state index in [0.29, 0.717) is 0 Å². The van der Waals surface area contributed by atoms with Gasteiger partial charge in [0.2, 0.25) is 0 Å². The Morgan fingerprint density at radius 2 is 1.86 bits per heavy atom. The number of ether oxygens (including phenoxy) is 1. The molecule has 0 saturated carbocycles. The fourth-order valence-corrected chi connectivity index (χ4v) is 3.80. The monoisotopic (exact) mass is 392 g/mol. The minimum atomic E-state index is 0.791. The third kappa shape index (κ3) is 4.29. The van der Waals surface area contributed by atoms with Crippen molar-refractivity contribution in [3.8, 4) is 5.75 Å². The molecule has 3 aromatic rings. The van der Waals surface area contributed by atoms with Gasteiger partial charge in [0, 0.05) is 46.2 Å². The summed E-state index contributed by atoms with van der Waals surface area (Å²) in [7, 11) is 3.57. The summed E-state index contributed by atoms with van der Waals surface area (Å²) in [5.41, 5.74) is 3.25. The number of aliphatic imine (C=N–C) groups is 1. The standard InChI is InChI=1S/C22H28N6O/c1-23-22(24-12-11-21-25-17-7-3-4-8-18(17)26-21)28-15-13-27(14-16-28)19-9-5-6-10-20(19)29-2/h3-10H,11-16H2,1-2H3,(H,23,24)(H,25,26). The van der Waals surface area contributed by atoms with Crippen LogP contribution in [0.4, 0.5) is 5.69 Å². The molecular formula is C22H28N6O. The van der Waals surface area contributed by atoms with Crippen LogP contribution in [0.3, 0.4) is 0 Å². The lowest BCUT2D eigenvalue weighted by Gasteiger charge is -2.38. The average molecular weight is 393 g/mol. The maximum atomic E-state index is 5.51. The Labute approximate surface area is 171 Å². The fraction of sp³-hybridized carbons (Fsp3) is 0.364. The highest BCUT2D eigenvalue weighted by Crippen LogP contribution is 2.28. The molecule has 0 bridgehead atoms. The highest BCUT2D eigenvalue weighted by atomic mass is 16.5. The molecule has 4 rings (SSSR count). The lowest BCUT2D eigenvalue weighted by atomic mass is 10.2. The summed E-state index contributed by atoms with van der Waals surface area (Å²) in [6, 6.07) is 16.3. The average Bonchev–Trinajstić information content (AvgIpc) is 3.20. The van der Waals surface area contributed by atoms with E-state index in [1.54, 1.807) is 7.11 Å². The first-order valence-electron chi connectivity index (χ1n) is 10.1. The number of fused-ring (bicyclic) bond motifs is 1. The summed E-state index contributed by atoms with van der Waals surface area (Å²) in [5, 5.41) is 3.48. The van der Waals surface area contributed by atoms with E-state index in [4.69, 9.17) is 4.74 Å². The largest absolute Gasteiger partial charge is 0.495 e. The minimum Gasteiger partial charge on any atom is -0.495 e. The lowest BCUT2D eigenvalue weighted by molar-refractivity contribution is 0.367. The molecule has 0 atom stereocenters. The maximum Gasteiger partial charge on any atom is 0.193 e. The summed E-state index contributed by atoms with van der Waals surface area (Å²) >= 11 is 0. The number of imidazole rings is 1. The van der Waals surface area contributed by atoms with Gasteiger partial charge in [-0.05, 0) is 24.3 Å². The van der Waals surface area contributed by atoms with Crippen LogP contribution in [0.15, 0.2) is 53.5 Å². The van der Waals surface area contributed by atoms with Gasteiger partial charge in [0.15, 0.2) is 5.96 Å². The predicted octanol–water partition coefficient (Wildman–Crippen LogP) is 2.51. The normalized spacial score (nSPS) is 15.0. The zero-order chi connectivity index (χ0) is 20.1. The maximum absolute atomic E-state index is 5.51. The van der Waals surface area contributed by atoms with Gasteiger partial charge < -0.3 is 24.8 Å². The zero-order valence-electron chi connectivity index (χ0n) is 17.1. The number of methoxy groups -OCH3 is 1. The van der Waals surface area contributed by atoms with Crippen LogP contribution in [-0.2, 0) is 6.42 Å². The third-order valence-electron chi connectivity index (χ3n) is 5.30. The Bertz CT molecular complexity index is 941. The zero-order valence-corrected chi connectivity index (χ0v) is 17.1. The van der Waals surface area contributed by atoms with Crippen molar-refractivity contribution in [1.29, 1.82) is 0 Å². The number of benzene rings is 2. The molecule has 1 aromatic heterocycles. The van der Waals surface area contributed by atoms with Crippen LogP contribution in [0.25, 0.3) is 11.0 Å². The number of aromatic amines is 1. The molecule has 1 aliphatic heterocycles. The van der Waals surface area contributed by atoms with Crippen LogP contribution in [0, 0.1) is 0 Å². The van der Waals surface area contributed by atoms with Crippen LogP contribution in [-0.4, -0.2) is 67.7 Å². The quantitative estimate of drug-likeness (QED) is 0.516. The van der Waals surface area contributed by atoms with Crippen molar-refractivity contribution in [2.45, 2.75) is 6.42 Å². The van der Waals surface area contributed by atoms with Crippen molar-refractivity contribution >= 4 is 22.7 Å². The van der Waals surface area contributed by atoms with Gasteiger partial charge in [0.1, 0.15) is 11.6 Å². The van der Waals surface area contributed by atoms with Gasteiger partial charge in [-0.2, -0.15) is 0 Å². The minimum absolute atomic E-state index is 0.791. The van der Waals surface area contributed by atoms with Crippen molar-refractivity contribution in [2.75, 3.05) is 51.8 Å². The second-order valence-electron chi connectivity index (χ2n) is 7.07. The number of para-hydroxylation sites is 4. The highest BCUT2D eigenvalue weighted by Gasteiger charge is 2.21. The van der Waals surface area contributed by atoms with Gasteiger partial charge in [-0.15, -0.1) is 0 Å². The van der Waals surface area contributed by atoms with Gasteiger partial charge in [-0.3, -0.25) is 4.99 Å². The number of anilines is 1. The van der Waals surface area contributed by atoms with Gasteiger partial charge in [0.25, 0.3) is 0 Å². The molecule has 0 unspecified atom stereocenters.